The molecule has 1 aliphatic rings. The fraction of sp³-hybridized carbons (Fsp3) is 0.208. The van der Waals surface area contributed by atoms with Gasteiger partial charge in [-0.25, -0.2) is 0 Å². The van der Waals surface area contributed by atoms with Crippen molar-refractivity contribution in [1.29, 1.82) is 0 Å². The molecule has 32 heavy (non-hydrogen) atoms. The van der Waals surface area contributed by atoms with Gasteiger partial charge in [0.25, 0.3) is 5.78 Å². The third-order valence-electron chi connectivity index (χ3n) is 5.36. The molecule has 8 heteroatoms. The molecule has 0 spiro atoms. The van der Waals surface area contributed by atoms with Crippen molar-refractivity contribution in [2.45, 2.75) is 19.9 Å². The van der Waals surface area contributed by atoms with Crippen molar-refractivity contribution in [3.8, 4) is 11.5 Å². The highest BCUT2D eigenvalue weighted by molar-refractivity contribution is 6.51. The quantitative estimate of drug-likeness (QED) is 0.369. The van der Waals surface area contributed by atoms with Crippen LogP contribution in [0.2, 0.25) is 0 Å². The largest absolute Gasteiger partial charge is 0.507 e. The monoisotopic (exact) mass is 434 g/mol. The molecule has 1 amide bonds. The van der Waals surface area contributed by atoms with E-state index in [1.54, 1.807) is 43.3 Å². The number of carbonyl (C=O) groups is 2. The number of hydrogen-bond donors (Lipinski definition) is 1. The molecule has 1 atom stereocenters. The number of aryl methyl sites for hydroxylation is 2. The molecule has 1 saturated heterocycles. The summed E-state index contributed by atoms with van der Waals surface area (Å²) in [7, 11) is 2.96. The Bertz CT molecular complexity index is 1230. The molecule has 4 rings (SSSR count). The molecular weight excluding hydrogens is 412 g/mol. The number of rotatable bonds is 5. The normalized spacial score (nSPS) is 17.6. The van der Waals surface area contributed by atoms with E-state index in [2.05, 4.69) is 5.16 Å². The van der Waals surface area contributed by atoms with Gasteiger partial charge in [-0.05, 0) is 19.9 Å². The summed E-state index contributed by atoms with van der Waals surface area (Å²) in [6.07, 6.45) is 0. The Labute approximate surface area is 184 Å². The minimum Gasteiger partial charge on any atom is -0.507 e. The van der Waals surface area contributed by atoms with E-state index < -0.39 is 17.7 Å². The Morgan fingerprint density at radius 3 is 2.38 bits per heavy atom. The average molecular weight is 434 g/mol. The van der Waals surface area contributed by atoms with E-state index in [0.717, 1.165) is 5.56 Å². The number of anilines is 1. The van der Waals surface area contributed by atoms with Gasteiger partial charge in [0.15, 0.2) is 17.3 Å². The number of hydrogen-bond acceptors (Lipinski definition) is 7. The molecule has 164 valence electrons. The molecule has 0 bridgehead atoms. The molecule has 2 heterocycles. The summed E-state index contributed by atoms with van der Waals surface area (Å²) in [5.74, 6) is -0.579. The number of nitrogens with zero attached hydrogens (tertiary/aromatic N) is 2. The van der Waals surface area contributed by atoms with Gasteiger partial charge in [-0.1, -0.05) is 47.1 Å². The number of carbonyl (C=O) groups excluding carboxylic acids is 2. The molecule has 3 aromatic rings. The molecule has 1 unspecified atom stereocenters. The van der Waals surface area contributed by atoms with Crippen LogP contribution in [0.5, 0.6) is 11.5 Å². The Kier molecular flexibility index (Phi) is 5.44. The second-order valence-electron chi connectivity index (χ2n) is 7.41. The van der Waals surface area contributed by atoms with Crippen LogP contribution in [0, 0.1) is 13.8 Å². The van der Waals surface area contributed by atoms with E-state index in [9.17, 15) is 14.7 Å². The zero-order chi connectivity index (χ0) is 23.0. The van der Waals surface area contributed by atoms with Crippen molar-refractivity contribution in [3.63, 3.8) is 0 Å². The number of Topliss-reactive ketones (excluding diaryl/α,β-unsaturated/α-hetero) is 1. The molecule has 8 nitrogen and oxygen atoms in total. The van der Waals surface area contributed by atoms with Crippen molar-refractivity contribution in [2.24, 2.45) is 0 Å². The number of methoxy groups -OCH3 is 2. The average Bonchev–Trinajstić information content (AvgIpc) is 3.33. The first-order valence-electron chi connectivity index (χ1n) is 9.89. The molecule has 1 aliphatic heterocycles. The van der Waals surface area contributed by atoms with E-state index in [-0.39, 0.29) is 17.2 Å². The fourth-order valence-corrected chi connectivity index (χ4v) is 3.82. The predicted molar refractivity (Wildman–Crippen MR) is 117 cm³/mol. The summed E-state index contributed by atoms with van der Waals surface area (Å²) in [4.78, 5) is 27.5. The van der Waals surface area contributed by atoms with Crippen LogP contribution in [0.15, 0.2) is 58.6 Å². The Morgan fingerprint density at radius 2 is 1.78 bits per heavy atom. The number of aliphatic hydroxyl groups is 1. The van der Waals surface area contributed by atoms with Crippen LogP contribution < -0.4 is 14.4 Å². The van der Waals surface area contributed by atoms with Crippen LogP contribution in [-0.4, -0.2) is 36.2 Å². The van der Waals surface area contributed by atoms with Gasteiger partial charge < -0.3 is 19.1 Å². The van der Waals surface area contributed by atoms with Gasteiger partial charge >= 0.3 is 5.91 Å². The number of ether oxygens (including phenoxy) is 2. The molecule has 1 N–H and O–H groups in total. The smallest absolute Gasteiger partial charge is 0.301 e. The first kappa shape index (κ1) is 21.2. The van der Waals surface area contributed by atoms with Crippen LogP contribution in [0.25, 0.3) is 5.76 Å². The summed E-state index contributed by atoms with van der Waals surface area (Å²) < 4.78 is 16.1. The highest BCUT2D eigenvalue weighted by Gasteiger charge is 2.49. The second kappa shape index (κ2) is 8.22. The van der Waals surface area contributed by atoms with E-state index in [4.69, 9.17) is 14.0 Å². The molecule has 1 fully saturated rings. The lowest BCUT2D eigenvalue weighted by Gasteiger charge is -2.25. The summed E-state index contributed by atoms with van der Waals surface area (Å²) >= 11 is 0. The fourth-order valence-electron chi connectivity index (χ4n) is 3.82. The molecule has 2 aromatic carbocycles. The molecule has 0 radical (unpaired) electrons. The highest BCUT2D eigenvalue weighted by atomic mass is 16.5. The van der Waals surface area contributed by atoms with Gasteiger partial charge in [0.2, 0.25) is 0 Å². The molecular formula is C24H22N2O6. The number of benzene rings is 2. The summed E-state index contributed by atoms with van der Waals surface area (Å²) in [5.41, 5.74) is 1.79. The Morgan fingerprint density at radius 1 is 1.06 bits per heavy atom. The van der Waals surface area contributed by atoms with Crippen molar-refractivity contribution in [1.82, 2.24) is 5.16 Å². The van der Waals surface area contributed by atoms with Gasteiger partial charge in [0, 0.05) is 17.2 Å². The maximum absolute atomic E-state index is 13.2. The topological polar surface area (TPSA) is 102 Å². The van der Waals surface area contributed by atoms with Crippen LogP contribution in [-0.2, 0) is 9.59 Å². The summed E-state index contributed by atoms with van der Waals surface area (Å²) in [6.45, 7) is 3.59. The minimum atomic E-state index is -1.01. The lowest BCUT2D eigenvalue weighted by molar-refractivity contribution is -0.132. The van der Waals surface area contributed by atoms with Crippen LogP contribution >= 0.6 is 0 Å². The third-order valence-corrected chi connectivity index (χ3v) is 5.36. The number of aliphatic hydroxyl groups excluding tert-OH is 1. The van der Waals surface area contributed by atoms with E-state index in [1.807, 2.05) is 19.1 Å². The van der Waals surface area contributed by atoms with E-state index in [0.29, 0.717) is 28.4 Å². The zero-order valence-electron chi connectivity index (χ0n) is 18.1. The van der Waals surface area contributed by atoms with Gasteiger partial charge in [0.05, 0.1) is 19.8 Å². The van der Waals surface area contributed by atoms with E-state index in [1.165, 1.54) is 19.1 Å². The Hall–Kier alpha value is -4.07. The van der Waals surface area contributed by atoms with Crippen molar-refractivity contribution in [2.75, 3.05) is 19.1 Å². The third kappa shape index (κ3) is 3.39. The summed E-state index contributed by atoms with van der Waals surface area (Å²) in [5, 5.41) is 15.1. The predicted octanol–water partition coefficient (Wildman–Crippen LogP) is 3.93. The molecule has 1 aromatic heterocycles. The van der Waals surface area contributed by atoms with Gasteiger partial charge in [-0.15, -0.1) is 0 Å². The zero-order valence-corrected chi connectivity index (χ0v) is 18.1. The minimum absolute atomic E-state index is 0.0777. The standard InChI is InChI=1S/C24H22N2O6/c1-13-8-10-15(11-9-13)21(27)19-20(16-6-5-7-17(30-3)23(16)31-4)26(24(29)22(19)28)18-12-14(2)32-25-18/h5-12,20,27H,1-4H3/b21-19-. The second-order valence-corrected chi connectivity index (χ2v) is 7.41. The lowest BCUT2D eigenvalue weighted by Crippen LogP contribution is -2.30. The first-order chi connectivity index (χ1) is 15.4. The number of para-hydroxylation sites is 1. The molecule has 0 saturated carbocycles. The van der Waals surface area contributed by atoms with Crippen molar-refractivity contribution >= 4 is 23.3 Å². The summed E-state index contributed by atoms with van der Waals surface area (Å²) in [6, 6.07) is 12.7. The number of amides is 1. The van der Waals surface area contributed by atoms with E-state index >= 15 is 0 Å². The van der Waals surface area contributed by atoms with Gasteiger partial charge in [-0.2, -0.15) is 0 Å². The lowest BCUT2D eigenvalue weighted by atomic mass is 9.94. The van der Waals surface area contributed by atoms with Crippen molar-refractivity contribution in [3.05, 3.63) is 76.6 Å². The Balaban J connectivity index is 2.01. The maximum atomic E-state index is 13.2. The number of aromatic nitrogens is 1. The number of ketones is 1. The van der Waals surface area contributed by atoms with Gasteiger partial charge in [0.1, 0.15) is 17.6 Å². The van der Waals surface area contributed by atoms with Crippen molar-refractivity contribution < 1.29 is 28.7 Å². The maximum Gasteiger partial charge on any atom is 0.301 e. The first-order valence-corrected chi connectivity index (χ1v) is 9.89. The van der Waals surface area contributed by atoms with Crippen LogP contribution in [0.1, 0.15) is 28.5 Å². The van der Waals surface area contributed by atoms with Crippen LogP contribution in [0.3, 0.4) is 0 Å². The SMILES string of the molecule is COc1cccc(C2/C(=C(/O)c3ccc(C)cc3)C(=O)C(=O)N2c2cc(C)on2)c1OC. The van der Waals surface area contributed by atoms with Crippen LogP contribution in [0.4, 0.5) is 5.82 Å². The molecule has 0 aliphatic carbocycles. The highest BCUT2D eigenvalue weighted by Crippen LogP contribution is 2.46. The van der Waals surface area contributed by atoms with Gasteiger partial charge in [-0.3, -0.25) is 14.5 Å².